The van der Waals surface area contributed by atoms with Gasteiger partial charge in [-0.05, 0) is 30.2 Å². The maximum atomic E-state index is 13.1. The molecule has 0 aliphatic carbocycles. The molecule has 20 heavy (non-hydrogen) atoms. The molecule has 1 aromatic carbocycles. The van der Waals surface area contributed by atoms with Crippen LogP contribution in [0.4, 0.5) is 4.39 Å². The summed E-state index contributed by atoms with van der Waals surface area (Å²) in [6, 6.07) is 4.37. The van der Waals surface area contributed by atoms with Crippen LogP contribution in [0, 0.1) is 5.82 Å². The van der Waals surface area contributed by atoms with Gasteiger partial charge in [0.15, 0.2) is 0 Å². The Labute approximate surface area is 129 Å². The lowest BCUT2D eigenvalue weighted by Crippen LogP contribution is -2.26. The van der Waals surface area contributed by atoms with Crippen LogP contribution in [0.15, 0.2) is 22.7 Å². The number of carboxylic acids is 1. The molecule has 0 aliphatic heterocycles. The molecule has 0 aliphatic rings. The Morgan fingerprint density at radius 1 is 1.40 bits per heavy atom. The largest absolute Gasteiger partial charge is 0.481 e. The van der Waals surface area contributed by atoms with Crippen LogP contribution in [0.5, 0.6) is 0 Å². The Hall–Kier alpha value is -1.08. The van der Waals surface area contributed by atoms with E-state index in [2.05, 4.69) is 21.2 Å². The molecule has 2 N–H and O–H groups in total. The van der Waals surface area contributed by atoms with Gasteiger partial charge in [-0.3, -0.25) is 9.59 Å². The SMILES string of the molecule is O=C(O)CSCCNC(=O)CCc1cc(F)ccc1Br. The van der Waals surface area contributed by atoms with Crippen molar-refractivity contribution < 1.29 is 19.1 Å². The Balaban J connectivity index is 2.23. The number of thioether (sulfide) groups is 1. The van der Waals surface area contributed by atoms with Crippen LogP contribution in [0.25, 0.3) is 0 Å². The molecular formula is C13H15BrFNO3S. The number of rotatable bonds is 8. The third-order valence-electron chi connectivity index (χ3n) is 2.42. The van der Waals surface area contributed by atoms with Crippen LogP contribution in [0.2, 0.25) is 0 Å². The van der Waals surface area contributed by atoms with Crippen molar-refractivity contribution in [3.8, 4) is 0 Å². The molecular weight excluding hydrogens is 349 g/mol. The van der Waals surface area contributed by atoms with Gasteiger partial charge in [0.25, 0.3) is 0 Å². The summed E-state index contributed by atoms with van der Waals surface area (Å²) in [4.78, 5) is 21.8. The first-order valence-electron chi connectivity index (χ1n) is 5.99. The van der Waals surface area contributed by atoms with Crippen LogP contribution in [0.1, 0.15) is 12.0 Å². The topological polar surface area (TPSA) is 66.4 Å². The third kappa shape index (κ3) is 6.91. The second-order valence-electron chi connectivity index (χ2n) is 4.03. The van der Waals surface area contributed by atoms with E-state index in [4.69, 9.17) is 5.11 Å². The van der Waals surface area contributed by atoms with Crippen molar-refractivity contribution in [2.45, 2.75) is 12.8 Å². The van der Waals surface area contributed by atoms with Crippen LogP contribution in [-0.2, 0) is 16.0 Å². The number of carbonyl (C=O) groups is 2. The number of carbonyl (C=O) groups excluding carboxylic acids is 1. The number of hydrogen-bond donors (Lipinski definition) is 2. The van der Waals surface area contributed by atoms with Gasteiger partial charge in [-0.1, -0.05) is 15.9 Å². The van der Waals surface area contributed by atoms with E-state index < -0.39 is 5.97 Å². The fourth-order valence-corrected chi connectivity index (χ4v) is 2.50. The van der Waals surface area contributed by atoms with Crippen molar-refractivity contribution >= 4 is 39.6 Å². The Kier molecular flexibility index (Phi) is 7.61. The summed E-state index contributed by atoms with van der Waals surface area (Å²) in [7, 11) is 0. The van der Waals surface area contributed by atoms with E-state index in [0.717, 1.165) is 10.0 Å². The van der Waals surface area contributed by atoms with E-state index in [0.29, 0.717) is 18.7 Å². The van der Waals surface area contributed by atoms with Crippen molar-refractivity contribution in [1.82, 2.24) is 5.32 Å². The molecule has 1 amide bonds. The lowest BCUT2D eigenvalue weighted by atomic mass is 10.1. The van der Waals surface area contributed by atoms with Gasteiger partial charge in [-0.15, -0.1) is 11.8 Å². The van der Waals surface area contributed by atoms with Gasteiger partial charge >= 0.3 is 5.97 Å². The Morgan fingerprint density at radius 2 is 2.15 bits per heavy atom. The van der Waals surface area contributed by atoms with Crippen molar-refractivity contribution in [2.75, 3.05) is 18.1 Å². The molecule has 0 unspecified atom stereocenters. The highest BCUT2D eigenvalue weighted by molar-refractivity contribution is 9.10. The maximum absolute atomic E-state index is 13.1. The molecule has 0 fully saturated rings. The van der Waals surface area contributed by atoms with Crippen molar-refractivity contribution in [2.24, 2.45) is 0 Å². The first kappa shape index (κ1) is 17.0. The molecule has 110 valence electrons. The minimum Gasteiger partial charge on any atom is -0.481 e. The standard InChI is InChI=1S/C13H15BrFNO3S/c14-11-3-2-10(15)7-9(11)1-4-12(17)16-5-6-20-8-13(18)19/h2-3,7H,1,4-6,8H2,(H,16,17)(H,18,19). The zero-order valence-corrected chi connectivity index (χ0v) is 13.1. The Bertz CT molecular complexity index is 485. The number of aliphatic carboxylic acids is 1. The predicted molar refractivity (Wildman–Crippen MR) is 80.4 cm³/mol. The van der Waals surface area contributed by atoms with Crippen molar-refractivity contribution in [1.29, 1.82) is 0 Å². The predicted octanol–water partition coefficient (Wildman–Crippen LogP) is 2.45. The highest BCUT2D eigenvalue weighted by Gasteiger charge is 2.06. The monoisotopic (exact) mass is 363 g/mol. The van der Waals surface area contributed by atoms with Crippen LogP contribution in [0.3, 0.4) is 0 Å². The summed E-state index contributed by atoms with van der Waals surface area (Å²) < 4.78 is 13.8. The minimum absolute atomic E-state index is 0.0338. The fourth-order valence-electron chi connectivity index (χ4n) is 1.49. The smallest absolute Gasteiger partial charge is 0.313 e. The second-order valence-corrected chi connectivity index (χ2v) is 5.99. The number of amides is 1. The van der Waals surface area contributed by atoms with E-state index in [-0.39, 0.29) is 23.9 Å². The number of benzene rings is 1. The number of halogens is 2. The molecule has 0 saturated carbocycles. The van der Waals surface area contributed by atoms with E-state index in [1.165, 1.54) is 23.9 Å². The average molecular weight is 364 g/mol. The first-order chi connectivity index (χ1) is 9.49. The van der Waals surface area contributed by atoms with Gasteiger partial charge in [0.05, 0.1) is 5.75 Å². The van der Waals surface area contributed by atoms with Gasteiger partial charge in [-0.25, -0.2) is 4.39 Å². The molecule has 1 rings (SSSR count). The third-order valence-corrected chi connectivity index (χ3v) is 4.14. The van der Waals surface area contributed by atoms with Crippen LogP contribution < -0.4 is 5.32 Å². The molecule has 0 heterocycles. The summed E-state index contributed by atoms with van der Waals surface area (Å²) in [6.45, 7) is 0.432. The lowest BCUT2D eigenvalue weighted by molar-refractivity contribution is -0.133. The molecule has 0 saturated heterocycles. The number of carboxylic acid groups (broad SMARTS) is 1. The first-order valence-corrected chi connectivity index (χ1v) is 7.94. The van der Waals surface area contributed by atoms with Crippen LogP contribution >= 0.6 is 27.7 Å². The summed E-state index contributed by atoms with van der Waals surface area (Å²) in [5, 5.41) is 11.1. The number of aryl methyl sites for hydroxylation is 1. The molecule has 0 bridgehead atoms. The Morgan fingerprint density at radius 3 is 2.85 bits per heavy atom. The van der Waals surface area contributed by atoms with Gasteiger partial charge in [0, 0.05) is 23.2 Å². The average Bonchev–Trinajstić information content (AvgIpc) is 2.39. The number of nitrogens with one attached hydrogen (secondary N) is 1. The zero-order valence-electron chi connectivity index (χ0n) is 10.7. The van der Waals surface area contributed by atoms with Gasteiger partial charge in [0.1, 0.15) is 5.82 Å². The van der Waals surface area contributed by atoms with E-state index in [1.54, 1.807) is 6.07 Å². The second kappa shape index (κ2) is 8.97. The van der Waals surface area contributed by atoms with Gasteiger partial charge < -0.3 is 10.4 Å². The van der Waals surface area contributed by atoms with Crippen LogP contribution in [-0.4, -0.2) is 35.0 Å². The molecule has 4 nitrogen and oxygen atoms in total. The van der Waals surface area contributed by atoms with E-state index >= 15 is 0 Å². The zero-order chi connectivity index (χ0) is 15.0. The summed E-state index contributed by atoms with van der Waals surface area (Å²) >= 11 is 4.56. The maximum Gasteiger partial charge on any atom is 0.313 e. The van der Waals surface area contributed by atoms with Gasteiger partial charge in [0.2, 0.25) is 5.91 Å². The quantitative estimate of drug-likeness (QED) is 0.696. The fraction of sp³-hybridized carbons (Fsp3) is 0.385. The molecule has 1 aromatic rings. The van der Waals surface area contributed by atoms with E-state index in [9.17, 15) is 14.0 Å². The summed E-state index contributed by atoms with van der Waals surface area (Å²) in [5.41, 5.74) is 0.750. The molecule has 7 heteroatoms. The number of hydrogen-bond acceptors (Lipinski definition) is 3. The molecule has 0 radical (unpaired) electrons. The van der Waals surface area contributed by atoms with Gasteiger partial charge in [-0.2, -0.15) is 0 Å². The normalized spacial score (nSPS) is 10.3. The van der Waals surface area contributed by atoms with Crippen molar-refractivity contribution in [3.05, 3.63) is 34.1 Å². The highest BCUT2D eigenvalue weighted by Crippen LogP contribution is 2.19. The highest BCUT2D eigenvalue weighted by atomic mass is 79.9. The summed E-state index contributed by atoms with van der Waals surface area (Å²) in [6.07, 6.45) is 0.720. The van der Waals surface area contributed by atoms with Crippen molar-refractivity contribution in [3.63, 3.8) is 0 Å². The summed E-state index contributed by atoms with van der Waals surface area (Å²) in [5.74, 6) is -0.726. The molecule has 0 spiro atoms. The van der Waals surface area contributed by atoms with E-state index in [1.807, 2.05) is 0 Å². The lowest BCUT2D eigenvalue weighted by Gasteiger charge is -2.06. The minimum atomic E-state index is -0.864. The molecule has 0 atom stereocenters. The molecule has 0 aromatic heterocycles.